The molecule has 2 unspecified atom stereocenters. The molecule has 2 atom stereocenters. The van der Waals surface area contributed by atoms with Crippen molar-refractivity contribution in [3.05, 3.63) is 28.5 Å². The van der Waals surface area contributed by atoms with Crippen molar-refractivity contribution in [1.82, 2.24) is 10.3 Å². The van der Waals surface area contributed by atoms with E-state index in [0.29, 0.717) is 22.6 Å². The molecule has 0 saturated heterocycles. The average molecular weight is 309 g/mol. The fourth-order valence-electron chi connectivity index (χ4n) is 2.86. The summed E-state index contributed by atoms with van der Waals surface area (Å²) in [6, 6.07) is 3.49. The Hall–Kier alpha value is -1.09. The minimum atomic E-state index is -0.125. The normalized spacial score (nSPS) is 22.3. The summed E-state index contributed by atoms with van der Waals surface area (Å²) >= 11 is 6.06. The van der Waals surface area contributed by atoms with Crippen molar-refractivity contribution in [3.63, 3.8) is 0 Å². The van der Waals surface area contributed by atoms with Crippen molar-refractivity contribution >= 4 is 17.5 Å². The molecule has 1 fully saturated rings. The minimum Gasteiger partial charge on any atom is -0.352 e. The maximum absolute atomic E-state index is 12.3. The number of rotatable bonds is 3. The molecule has 0 radical (unpaired) electrons. The molecule has 2 rings (SSSR count). The fraction of sp³-hybridized carbons (Fsp3) is 0.647. The molecule has 0 aliphatic heterocycles. The van der Waals surface area contributed by atoms with E-state index in [9.17, 15) is 4.79 Å². The zero-order chi connectivity index (χ0) is 15.6. The van der Waals surface area contributed by atoms with Gasteiger partial charge in [-0.25, -0.2) is 4.98 Å². The van der Waals surface area contributed by atoms with E-state index in [0.717, 1.165) is 12.2 Å². The first-order valence-corrected chi connectivity index (χ1v) is 8.11. The smallest absolute Gasteiger partial charge is 0.251 e. The molecule has 3 nitrogen and oxygen atoms in total. The Labute approximate surface area is 132 Å². The van der Waals surface area contributed by atoms with Gasteiger partial charge in [-0.1, -0.05) is 52.1 Å². The van der Waals surface area contributed by atoms with Gasteiger partial charge in [0.1, 0.15) is 5.15 Å². The van der Waals surface area contributed by atoms with Crippen LogP contribution in [0.1, 0.15) is 63.0 Å². The van der Waals surface area contributed by atoms with E-state index in [-0.39, 0.29) is 11.3 Å². The SMILES string of the molecule is CC1CCCC1CNC(=O)c1cc(Cl)nc(C(C)(C)C)c1. The Morgan fingerprint density at radius 2 is 2.10 bits per heavy atom. The Balaban J connectivity index is 2.07. The molecule has 1 amide bonds. The van der Waals surface area contributed by atoms with Crippen molar-refractivity contribution in [2.24, 2.45) is 11.8 Å². The number of amides is 1. The van der Waals surface area contributed by atoms with E-state index in [1.54, 1.807) is 6.07 Å². The van der Waals surface area contributed by atoms with Crippen LogP contribution >= 0.6 is 11.6 Å². The van der Waals surface area contributed by atoms with Crippen LogP contribution in [0.25, 0.3) is 0 Å². The molecule has 1 aliphatic carbocycles. The van der Waals surface area contributed by atoms with E-state index < -0.39 is 0 Å². The Kier molecular flexibility index (Phi) is 4.92. The number of hydrogen-bond acceptors (Lipinski definition) is 2. The molecule has 21 heavy (non-hydrogen) atoms. The Morgan fingerprint density at radius 1 is 1.38 bits per heavy atom. The summed E-state index contributed by atoms with van der Waals surface area (Å²) in [7, 11) is 0. The third-order valence-electron chi connectivity index (χ3n) is 4.39. The topological polar surface area (TPSA) is 42.0 Å². The van der Waals surface area contributed by atoms with Crippen LogP contribution in [0.4, 0.5) is 0 Å². The van der Waals surface area contributed by atoms with E-state index in [2.05, 4.69) is 38.0 Å². The van der Waals surface area contributed by atoms with Crippen molar-refractivity contribution in [2.45, 2.75) is 52.4 Å². The number of nitrogens with one attached hydrogen (secondary N) is 1. The molecule has 1 aromatic rings. The lowest BCUT2D eigenvalue weighted by atomic mass is 9.91. The minimum absolute atomic E-state index is 0.0519. The first-order valence-electron chi connectivity index (χ1n) is 7.73. The molecule has 4 heteroatoms. The molecular weight excluding hydrogens is 284 g/mol. The van der Waals surface area contributed by atoms with E-state index in [4.69, 9.17) is 11.6 Å². The predicted octanol–water partition coefficient (Wildman–Crippen LogP) is 4.20. The van der Waals surface area contributed by atoms with Crippen molar-refractivity contribution in [1.29, 1.82) is 0 Å². The maximum Gasteiger partial charge on any atom is 0.251 e. The van der Waals surface area contributed by atoms with Gasteiger partial charge in [-0.2, -0.15) is 0 Å². The number of carbonyl (C=O) groups excluding carboxylic acids is 1. The highest BCUT2D eigenvalue weighted by atomic mass is 35.5. The summed E-state index contributed by atoms with van der Waals surface area (Å²) in [6.07, 6.45) is 3.76. The standard InChI is InChI=1S/C17H25ClN2O/c1-11-6-5-7-12(11)10-19-16(21)13-8-14(17(2,3)4)20-15(18)9-13/h8-9,11-12H,5-7,10H2,1-4H3,(H,19,21). The molecule has 116 valence electrons. The third kappa shape index (κ3) is 4.19. The van der Waals surface area contributed by atoms with Gasteiger partial charge in [0, 0.05) is 23.2 Å². The summed E-state index contributed by atoms with van der Waals surface area (Å²) in [4.78, 5) is 16.7. The highest BCUT2D eigenvalue weighted by Gasteiger charge is 2.24. The largest absolute Gasteiger partial charge is 0.352 e. The summed E-state index contributed by atoms with van der Waals surface area (Å²) in [5.74, 6) is 1.26. The van der Waals surface area contributed by atoms with Gasteiger partial charge in [0.05, 0.1) is 0 Å². The Morgan fingerprint density at radius 3 is 2.67 bits per heavy atom. The van der Waals surface area contributed by atoms with Gasteiger partial charge in [-0.05, 0) is 30.4 Å². The molecule has 1 N–H and O–H groups in total. The van der Waals surface area contributed by atoms with Gasteiger partial charge in [0.15, 0.2) is 0 Å². The van der Waals surface area contributed by atoms with Gasteiger partial charge in [-0.3, -0.25) is 4.79 Å². The molecule has 1 heterocycles. The molecular formula is C17H25ClN2O. The average Bonchev–Trinajstić information content (AvgIpc) is 2.79. The van der Waals surface area contributed by atoms with Crippen LogP contribution in [-0.2, 0) is 5.41 Å². The Bertz CT molecular complexity index is 522. The number of carbonyl (C=O) groups is 1. The molecule has 1 aromatic heterocycles. The highest BCUT2D eigenvalue weighted by molar-refractivity contribution is 6.29. The van der Waals surface area contributed by atoms with E-state index >= 15 is 0 Å². The lowest BCUT2D eigenvalue weighted by Gasteiger charge is -2.19. The maximum atomic E-state index is 12.3. The van der Waals surface area contributed by atoms with Crippen molar-refractivity contribution in [3.8, 4) is 0 Å². The van der Waals surface area contributed by atoms with Crippen LogP contribution in [0.3, 0.4) is 0 Å². The zero-order valence-corrected chi connectivity index (χ0v) is 14.1. The molecule has 0 aromatic carbocycles. The molecule has 0 spiro atoms. The lowest BCUT2D eigenvalue weighted by molar-refractivity contribution is 0.0944. The monoisotopic (exact) mass is 308 g/mol. The summed E-state index contributed by atoms with van der Waals surface area (Å²) in [5, 5.41) is 3.43. The van der Waals surface area contributed by atoms with Crippen LogP contribution in [-0.4, -0.2) is 17.4 Å². The van der Waals surface area contributed by atoms with Crippen LogP contribution in [0.15, 0.2) is 12.1 Å². The summed E-state index contributed by atoms with van der Waals surface area (Å²) in [5.41, 5.74) is 1.32. The third-order valence-corrected chi connectivity index (χ3v) is 4.58. The quantitative estimate of drug-likeness (QED) is 0.850. The van der Waals surface area contributed by atoms with Gasteiger partial charge in [-0.15, -0.1) is 0 Å². The first kappa shape index (κ1) is 16.3. The van der Waals surface area contributed by atoms with Crippen LogP contribution in [0.5, 0.6) is 0 Å². The van der Waals surface area contributed by atoms with Gasteiger partial charge in [0.25, 0.3) is 5.91 Å². The molecule has 0 bridgehead atoms. The number of halogens is 1. The van der Waals surface area contributed by atoms with E-state index in [1.807, 2.05) is 6.07 Å². The number of pyridine rings is 1. The fourth-order valence-corrected chi connectivity index (χ4v) is 3.07. The van der Waals surface area contributed by atoms with Gasteiger partial charge in [0.2, 0.25) is 0 Å². The number of nitrogens with zero attached hydrogens (tertiary/aromatic N) is 1. The second-order valence-electron chi connectivity index (χ2n) is 7.19. The highest BCUT2D eigenvalue weighted by Crippen LogP contribution is 2.30. The second kappa shape index (κ2) is 6.35. The van der Waals surface area contributed by atoms with Crippen LogP contribution in [0, 0.1) is 11.8 Å². The predicted molar refractivity (Wildman–Crippen MR) is 86.8 cm³/mol. The summed E-state index contributed by atoms with van der Waals surface area (Å²) in [6.45, 7) is 9.21. The van der Waals surface area contributed by atoms with Crippen LogP contribution < -0.4 is 5.32 Å². The number of hydrogen-bond donors (Lipinski definition) is 1. The molecule has 1 saturated carbocycles. The number of aromatic nitrogens is 1. The zero-order valence-electron chi connectivity index (χ0n) is 13.4. The lowest BCUT2D eigenvalue weighted by Crippen LogP contribution is -2.30. The van der Waals surface area contributed by atoms with Crippen molar-refractivity contribution in [2.75, 3.05) is 6.54 Å². The summed E-state index contributed by atoms with van der Waals surface area (Å²) < 4.78 is 0. The van der Waals surface area contributed by atoms with Gasteiger partial charge >= 0.3 is 0 Å². The van der Waals surface area contributed by atoms with Crippen molar-refractivity contribution < 1.29 is 4.79 Å². The first-order chi connectivity index (χ1) is 9.77. The van der Waals surface area contributed by atoms with Crippen LogP contribution in [0.2, 0.25) is 5.15 Å². The molecule has 1 aliphatic rings. The van der Waals surface area contributed by atoms with Gasteiger partial charge < -0.3 is 5.32 Å². The van der Waals surface area contributed by atoms with E-state index in [1.165, 1.54) is 19.3 Å². The second-order valence-corrected chi connectivity index (χ2v) is 7.58.